The molecule has 7 aliphatic rings. The Bertz CT molecular complexity index is 1510. The van der Waals surface area contributed by atoms with Crippen molar-refractivity contribution in [1.29, 1.82) is 0 Å². The molecule has 0 aromatic rings. The summed E-state index contributed by atoms with van der Waals surface area (Å²) >= 11 is 0. The van der Waals surface area contributed by atoms with E-state index in [1.54, 1.807) is 0 Å². The van der Waals surface area contributed by atoms with E-state index >= 15 is 0 Å². The summed E-state index contributed by atoms with van der Waals surface area (Å²) in [5.74, 6) is 2.21. The van der Waals surface area contributed by atoms with Crippen LogP contribution in [0, 0.1) is 57.2 Å². The minimum absolute atomic E-state index is 0.0405. The van der Waals surface area contributed by atoms with E-state index in [1.807, 2.05) is 0 Å². The molecule has 0 spiro atoms. The molecule has 4 saturated carbocycles. The first-order valence-electron chi connectivity index (χ1n) is 20.3. The Morgan fingerprint density at radius 1 is 0.920 bits per heavy atom. The van der Waals surface area contributed by atoms with Gasteiger partial charge in [0.15, 0.2) is 9.84 Å². The summed E-state index contributed by atoms with van der Waals surface area (Å²) in [4.78, 5) is 14.0. The molecule has 3 N–H and O–H groups in total. The number of nitrogens with one attached hydrogen (secondary N) is 1. The van der Waals surface area contributed by atoms with Crippen LogP contribution in [0.5, 0.6) is 0 Å². The molecule has 0 radical (unpaired) electrons. The van der Waals surface area contributed by atoms with E-state index in [1.165, 1.54) is 43.3 Å². The predicted octanol–water partition coefficient (Wildman–Crippen LogP) is 7.26. The zero-order valence-corrected chi connectivity index (χ0v) is 33.1. The summed E-state index contributed by atoms with van der Waals surface area (Å²) in [6.45, 7) is 20.2. The lowest BCUT2D eigenvalue weighted by Crippen LogP contribution is -2.68. The average molecular weight is 713 g/mol. The lowest BCUT2D eigenvalue weighted by molar-refractivity contribution is -0.226. The van der Waals surface area contributed by atoms with E-state index in [9.17, 15) is 23.4 Å². The van der Waals surface area contributed by atoms with Gasteiger partial charge in [-0.1, -0.05) is 46.8 Å². The second kappa shape index (κ2) is 12.4. The van der Waals surface area contributed by atoms with Gasteiger partial charge in [-0.2, -0.15) is 0 Å². The fourth-order valence-electron chi connectivity index (χ4n) is 14.6. The van der Waals surface area contributed by atoms with Gasteiger partial charge in [0.25, 0.3) is 0 Å². The number of rotatable bonds is 7. The van der Waals surface area contributed by atoms with E-state index in [0.717, 1.165) is 51.6 Å². The van der Waals surface area contributed by atoms with Gasteiger partial charge >= 0.3 is 5.97 Å². The molecule has 10 atom stereocenters. The number of carboxylic acid groups (broad SMARTS) is 1. The van der Waals surface area contributed by atoms with E-state index in [-0.39, 0.29) is 50.5 Å². The van der Waals surface area contributed by atoms with Crippen molar-refractivity contribution in [3.05, 3.63) is 23.3 Å². The molecular weight excluding hydrogens is 645 g/mol. The third-order valence-corrected chi connectivity index (χ3v) is 19.0. The number of hydrogen-bond acceptors (Lipinski definition) is 6. The normalized spacial score (nSPS) is 45.7. The van der Waals surface area contributed by atoms with Crippen molar-refractivity contribution in [3.8, 4) is 0 Å². The van der Waals surface area contributed by atoms with Crippen LogP contribution < -0.4 is 5.32 Å². The molecule has 1 unspecified atom stereocenters. The highest BCUT2D eigenvalue weighted by Crippen LogP contribution is 2.76. The van der Waals surface area contributed by atoms with Gasteiger partial charge < -0.3 is 20.4 Å². The van der Waals surface area contributed by atoms with Crippen LogP contribution in [0.1, 0.15) is 126 Å². The van der Waals surface area contributed by atoms with Crippen LogP contribution in [-0.2, 0) is 14.6 Å². The van der Waals surface area contributed by atoms with Gasteiger partial charge in [0.2, 0.25) is 0 Å². The molecule has 1 saturated heterocycles. The second-order valence-electron chi connectivity index (χ2n) is 20.2. The standard InChI is InChI=1S/C42H68N2O5S/c1-37(2)30(28-8-10-29(11-9-28)36(45)46)14-17-39(5)33(37)16-18-41(7)34(39)13-12-32-35-31(38(3,4)47)15-19-42(35,21-20-40(32,41)6)43-22-23-44-24-26-50(48,49)27-25-44/h8,14,29,31-35,43,47H,9-13,15-27H2,1-7H3,(H,45,46)/t29?,31-,32-,33+,34-,35-,39+,40-,41-,42+/m1/s1. The Balaban J connectivity index is 1.14. The Morgan fingerprint density at radius 2 is 1.64 bits per heavy atom. The van der Waals surface area contributed by atoms with Crippen LogP contribution in [0.25, 0.3) is 0 Å². The Labute approximate surface area is 303 Å². The minimum atomic E-state index is -2.88. The molecule has 6 aliphatic carbocycles. The van der Waals surface area contributed by atoms with Crippen LogP contribution in [0.3, 0.4) is 0 Å². The van der Waals surface area contributed by atoms with Gasteiger partial charge in [0.1, 0.15) is 0 Å². The number of sulfone groups is 1. The lowest BCUT2D eigenvalue weighted by Gasteiger charge is -2.72. The van der Waals surface area contributed by atoms with Gasteiger partial charge in [-0.25, -0.2) is 8.42 Å². The van der Waals surface area contributed by atoms with E-state index in [2.05, 4.69) is 70.8 Å². The largest absolute Gasteiger partial charge is 0.481 e. The fourth-order valence-corrected chi connectivity index (χ4v) is 15.9. The third-order valence-electron chi connectivity index (χ3n) is 17.4. The van der Waals surface area contributed by atoms with Gasteiger partial charge in [-0.15, -0.1) is 0 Å². The first-order chi connectivity index (χ1) is 23.3. The zero-order valence-electron chi connectivity index (χ0n) is 32.3. The molecular formula is C42H68N2O5S. The highest BCUT2D eigenvalue weighted by molar-refractivity contribution is 7.91. The van der Waals surface area contributed by atoms with Gasteiger partial charge in [0, 0.05) is 31.7 Å². The third kappa shape index (κ3) is 5.73. The number of nitrogens with zero attached hydrogens (tertiary/aromatic N) is 1. The smallest absolute Gasteiger partial charge is 0.306 e. The maximum Gasteiger partial charge on any atom is 0.306 e. The van der Waals surface area contributed by atoms with Crippen molar-refractivity contribution in [3.63, 3.8) is 0 Å². The highest BCUT2D eigenvalue weighted by atomic mass is 32.2. The van der Waals surface area contributed by atoms with Gasteiger partial charge in [-0.3, -0.25) is 4.79 Å². The molecule has 7 rings (SSSR count). The van der Waals surface area contributed by atoms with Crippen molar-refractivity contribution in [2.45, 2.75) is 137 Å². The number of carboxylic acids is 1. The number of allylic oxidation sites excluding steroid dienone is 4. The maximum atomic E-state index is 12.0. The van der Waals surface area contributed by atoms with Crippen LogP contribution >= 0.6 is 0 Å². The van der Waals surface area contributed by atoms with Crippen molar-refractivity contribution in [2.75, 3.05) is 37.7 Å². The topological polar surface area (TPSA) is 107 Å². The predicted molar refractivity (Wildman–Crippen MR) is 200 cm³/mol. The first kappa shape index (κ1) is 37.1. The number of aliphatic hydroxyl groups is 1. The summed E-state index contributed by atoms with van der Waals surface area (Å²) in [6.07, 6.45) is 17.9. The quantitative estimate of drug-likeness (QED) is 0.255. The zero-order chi connectivity index (χ0) is 36.1. The lowest BCUT2D eigenvalue weighted by atomic mass is 9.32. The molecule has 50 heavy (non-hydrogen) atoms. The molecule has 0 aromatic heterocycles. The Kier molecular flexibility index (Phi) is 9.21. The van der Waals surface area contributed by atoms with E-state index < -0.39 is 21.4 Å². The molecule has 0 bridgehead atoms. The summed E-state index contributed by atoms with van der Waals surface area (Å²) in [5, 5.41) is 25.5. The number of aliphatic carboxylic acids is 1. The minimum Gasteiger partial charge on any atom is -0.481 e. The van der Waals surface area contributed by atoms with Crippen LogP contribution in [0.2, 0.25) is 0 Å². The number of fused-ring (bicyclic) bond motifs is 7. The van der Waals surface area contributed by atoms with E-state index in [0.29, 0.717) is 43.2 Å². The summed E-state index contributed by atoms with van der Waals surface area (Å²) < 4.78 is 24.1. The highest BCUT2D eigenvalue weighted by Gasteiger charge is 2.71. The second-order valence-corrected chi connectivity index (χ2v) is 22.5. The summed E-state index contributed by atoms with van der Waals surface area (Å²) in [7, 11) is -2.88. The molecule has 5 fully saturated rings. The van der Waals surface area contributed by atoms with Gasteiger partial charge in [-0.05, 0) is 153 Å². The number of carbonyl (C=O) groups is 1. The Morgan fingerprint density at radius 3 is 2.28 bits per heavy atom. The number of hydrogen-bond donors (Lipinski definition) is 3. The monoisotopic (exact) mass is 712 g/mol. The maximum absolute atomic E-state index is 12.0. The van der Waals surface area contributed by atoms with Crippen LogP contribution in [0.15, 0.2) is 23.3 Å². The molecule has 1 heterocycles. The molecule has 0 amide bonds. The molecule has 282 valence electrons. The van der Waals surface area contributed by atoms with Crippen LogP contribution in [-0.4, -0.2) is 78.3 Å². The average Bonchev–Trinajstić information content (AvgIpc) is 3.42. The molecule has 1 aliphatic heterocycles. The summed E-state index contributed by atoms with van der Waals surface area (Å²) in [5.41, 5.74) is 2.98. The molecule has 0 aromatic carbocycles. The van der Waals surface area contributed by atoms with Crippen molar-refractivity contribution in [1.82, 2.24) is 10.2 Å². The van der Waals surface area contributed by atoms with Gasteiger partial charge in [0.05, 0.1) is 23.0 Å². The van der Waals surface area contributed by atoms with E-state index in [4.69, 9.17) is 0 Å². The van der Waals surface area contributed by atoms with Crippen molar-refractivity contribution < 1.29 is 23.4 Å². The summed E-state index contributed by atoms with van der Waals surface area (Å²) in [6, 6.07) is 0. The molecule has 7 nitrogen and oxygen atoms in total. The van der Waals surface area contributed by atoms with Crippen LogP contribution in [0.4, 0.5) is 0 Å². The van der Waals surface area contributed by atoms with Crippen molar-refractivity contribution in [2.24, 2.45) is 57.2 Å². The first-order valence-corrected chi connectivity index (χ1v) is 22.1. The Hall–Kier alpha value is -1.22. The fraction of sp³-hybridized carbons (Fsp3) is 0.881. The SMILES string of the molecule is CC(C)(O)[C@@H]1CC[C@]2(NCCN3CCS(=O)(=O)CC3)CC[C@]3(C)[C@H](CC[C@@H]4[C@@]5(C)CC=C(C6=CCC(C(=O)O)CC6)C(C)(C)[C@@H]5CC[C@]43C)[C@@H]12. The van der Waals surface area contributed by atoms with Crippen molar-refractivity contribution >= 4 is 15.8 Å². The molecule has 8 heteroatoms.